The Morgan fingerprint density at radius 3 is 2.68 bits per heavy atom. The number of Topliss-reactive ketones (excluding diaryl/α,β-unsaturated/α-hetero) is 1. The Morgan fingerprint density at radius 2 is 1.95 bits per heavy atom. The van der Waals surface area contributed by atoms with Gasteiger partial charge >= 0.3 is 11.9 Å². The number of carbonyl (C=O) groups is 3. The number of allylic oxidation sites excluding steroid dienone is 2. The van der Waals surface area contributed by atoms with Gasteiger partial charge in [-0.2, -0.15) is 0 Å². The Bertz CT molecular complexity index is 1550. The number of nitrogens with zero attached hydrogens (tertiary/aromatic N) is 1. The lowest BCUT2D eigenvalue weighted by Crippen LogP contribution is -2.58. The van der Waals surface area contributed by atoms with E-state index in [4.69, 9.17) is 14.2 Å². The lowest BCUT2D eigenvalue weighted by Gasteiger charge is -2.46. The molecule has 3 aromatic rings. The first-order chi connectivity index (χ1) is 18.4. The van der Waals surface area contributed by atoms with Crippen LogP contribution in [0.3, 0.4) is 0 Å². The molecule has 0 saturated heterocycles. The summed E-state index contributed by atoms with van der Waals surface area (Å²) in [6, 6.07) is 11.6. The molecule has 2 aliphatic heterocycles. The Morgan fingerprint density at radius 1 is 1.16 bits per heavy atom. The number of ether oxygens (including phenoxy) is 3. The normalized spacial score (nSPS) is 18.0. The third kappa shape index (κ3) is 3.66. The van der Waals surface area contributed by atoms with E-state index in [2.05, 4.69) is 11.6 Å². The van der Waals surface area contributed by atoms with Crippen LogP contribution in [0.4, 0.5) is 0 Å². The van der Waals surface area contributed by atoms with Crippen molar-refractivity contribution in [2.24, 2.45) is 0 Å². The standard InChI is InChI=1S/C29H26N2O7/c1-4-13-38-24-8-6-5-7-20(24)25(33)17-14-22(27(34)36-2)29(28(35)37-3)26-19(11-12-31(29)16-17)21-15-18(32)9-10-23(21)30-26/h4-10,14-16,30,32H,1,11-13H2,2-3H3. The van der Waals surface area contributed by atoms with Crippen LogP contribution in [-0.2, 0) is 31.0 Å². The Hall–Kier alpha value is -4.79. The van der Waals surface area contributed by atoms with Crippen molar-refractivity contribution in [3.63, 3.8) is 0 Å². The number of ketones is 1. The molecule has 1 aromatic heterocycles. The van der Waals surface area contributed by atoms with Gasteiger partial charge in [-0.15, -0.1) is 0 Å². The van der Waals surface area contributed by atoms with Crippen molar-refractivity contribution in [3.8, 4) is 11.5 Å². The van der Waals surface area contributed by atoms with E-state index in [1.54, 1.807) is 53.6 Å². The number of benzene rings is 2. The molecule has 0 spiro atoms. The van der Waals surface area contributed by atoms with E-state index in [1.165, 1.54) is 26.4 Å². The quantitative estimate of drug-likeness (QED) is 0.279. The summed E-state index contributed by atoms with van der Waals surface area (Å²) in [4.78, 5) is 45.6. The van der Waals surface area contributed by atoms with E-state index in [0.717, 1.165) is 10.9 Å². The van der Waals surface area contributed by atoms with Crippen molar-refractivity contribution in [1.82, 2.24) is 9.88 Å². The molecule has 194 valence electrons. The third-order valence-electron chi connectivity index (χ3n) is 6.91. The molecule has 3 heterocycles. The Balaban J connectivity index is 1.72. The number of aromatic hydroxyl groups is 1. The molecule has 2 aromatic carbocycles. The molecule has 38 heavy (non-hydrogen) atoms. The highest BCUT2D eigenvalue weighted by Crippen LogP contribution is 2.48. The van der Waals surface area contributed by atoms with Gasteiger partial charge in [-0.1, -0.05) is 24.8 Å². The number of para-hydroxylation sites is 1. The smallest absolute Gasteiger partial charge is 0.343 e. The number of phenols is 1. The van der Waals surface area contributed by atoms with Crippen LogP contribution in [0.15, 0.2) is 78.5 Å². The highest BCUT2D eigenvalue weighted by atomic mass is 16.5. The first kappa shape index (κ1) is 24.9. The molecule has 1 atom stereocenters. The molecule has 0 amide bonds. The average Bonchev–Trinajstić information content (AvgIpc) is 3.32. The van der Waals surface area contributed by atoms with Crippen LogP contribution in [-0.4, -0.2) is 60.1 Å². The summed E-state index contributed by atoms with van der Waals surface area (Å²) in [6.45, 7) is 4.14. The summed E-state index contributed by atoms with van der Waals surface area (Å²) < 4.78 is 16.0. The second kappa shape index (κ2) is 9.59. The van der Waals surface area contributed by atoms with Gasteiger partial charge < -0.3 is 29.2 Å². The zero-order valence-corrected chi connectivity index (χ0v) is 20.9. The van der Waals surface area contributed by atoms with Gasteiger partial charge in [0.15, 0.2) is 5.78 Å². The van der Waals surface area contributed by atoms with Crippen molar-refractivity contribution in [1.29, 1.82) is 0 Å². The van der Waals surface area contributed by atoms with E-state index >= 15 is 0 Å². The zero-order valence-electron chi connectivity index (χ0n) is 20.9. The maximum Gasteiger partial charge on any atom is 0.343 e. The van der Waals surface area contributed by atoms with Crippen LogP contribution in [0.25, 0.3) is 10.9 Å². The summed E-state index contributed by atoms with van der Waals surface area (Å²) in [7, 11) is 2.45. The summed E-state index contributed by atoms with van der Waals surface area (Å²) in [5, 5.41) is 10.8. The number of rotatable bonds is 7. The highest BCUT2D eigenvalue weighted by Gasteiger charge is 2.58. The number of methoxy groups -OCH3 is 2. The van der Waals surface area contributed by atoms with Crippen molar-refractivity contribution in [3.05, 3.63) is 95.4 Å². The van der Waals surface area contributed by atoms with E-state index in [0.29, 0.717) is 28.9 Å². The maximum absolute atomic E-state index is 13.7. The van der Waals surface area contributed by atoms with Crippen LogP contribution in [0.2, 0.25) is 0 Å². The number of hydrogen-bond donors (Lipinski definition) is 2. The molecule has 0 fully saturated rings. The number of esters is 2. The van der Waals surface area contributed by atoms with Gasteiger partial charge in [-0.05, 0) is 48.4 Å². The van der Waals surface area contributed by atoms with Crippen LogP contribution >= 0.6 is 0 Å². The number of nitrogens with one attached hydrogen (secondary N) is 1. The number of aromatic amines is 1. The fourth-order valence-electron chi connectivity index (χ4n) is 5.27. The van der Waals surface area contributed by atoms with Crippen LogP contribution in [0, 0.1) is 0 Å². The number of fused-ring (bicyclic) bond motifs is 5. The molecule has 0 radical (unpaired) electrons. The summed E-state index contributed by atoms with van der Waals surface area (Å²) in [5.41, 5.74) is 0.540. The van der Waals surface area contributed by atoms with E-state index < -0.39 is 23.3 Å². The van der Waals surface area contributed by atoms with Gasteiger partial charge in [-0.3, -0.25) is 4.79 Å². The topological polar surface area (TPSA) is 118 Å². The summed E-state index contributed by atoms with van der Waals surface area (Å²) in [6.07, 6.45) is 5.00. The monoisotopic (exact) mass is 514 g/mol. The Labute approximate surface area is 218 Å². The van der Waals surface area contributed by atoms with Crippen molar-refractivity contribution >= 4 is 28.6 Å². The van der Waals surface area contributed by atoms with Gasteiger partial charge in [-0.25, -0.2) is 9.59 Å². The number of carbonyl (C=O) groups excluding carboxylic acids is 3. The zero-order chi connectivity index (χ0) is 27.0. The lowest BCUT2D eigenvalue weighted by atomic mass is 9.75. The Kier molecular flexibility index (Phi) is 6.28. The predicted molar refractivity (Wildman–Crippen MR) is 139 cm³/mol. The van der Waals surface area contributed by atoms with Crippen LogP contribution in [0.5, 0.6) is 11.5 Å². The fourth-order valence-corrected chi connectivity index (χ4v) is 5.27. The number of H-pyrrole nitrogens is 1. The van der Waals surface area contributed by atoms with Crippen molar-refractivity contribution < 1.29 is 33.7 Å². The lowest BCUT2D eigenvalue weighted by molar-refractivity contribution is -0.156. The summed E-state index contributed by atoms with van der Waals surface area (Å²) >= 11 is 0. The SMILES string of the molecule is C=CCOc1ccccc1C(=O)C1=CN2CCc3c([nH]c4ccc(O)cc34)C2(C(=O)OC)C(C(=O)OC)=C1. The minimum Gasteiger partial charge on any atom is -0.508 e. The average molecular weight is 515 g/mol. The number of hydrogen-bond acceptors (Lipinski definition) is 8. The van der Waals surface area contributed by atoms with Gasteiger partial charge in [0.05, 0.1) is 31.1 Å². The fraction of sp³-hybridized carbons (Fsp3) is 0.207. The minimum absolute atomic E-state index is 0.0704. The van der Waals surface area contributed by atoms with Crippen LogP contribution in [0.1, 0.15) is 21.6 Å². The molecular formula is C29H26N2O7. The first-order valence-electron chi connectivity index (χ1n) is 12.0. The highest BCUT2D eigenvalue weighted by molar-refractivity contribution is 6.15. The number of aromatic nitrogens is 1. The number of phenolic OH excluding ortho intramolecular Hbond substituents is 1. The van der Waals surface area contributed by atoms with E-state index in [9.17, 15) is 19.5 Å². The second-order valence-corrected chi connectivity index (χ2v) is 8.91. The van der Waals surface area contributed by atoms with Crippen molar-refractivity contribution in [2.75, 3.05) is 27.4 Å². The van der Waals surface area contributed by atoms with Gasteiger partial charge in [0.1, 0.15) is 18.1 Å². The molecule has 2 aliphatic rings. The molecule has 0 bridgehead atoms. The first-order valence-corrected chi connectivity index (χ1v) is 12.0. The molecule has 0 saturated carbocycles. The van der Waals surface area contributed by atoms with Gasteiger partial charge in [0.2, 0.25) is 5.54 Å². The van der Waals surface area contributed by atoms with E-state index in [1.807, 2.05) is 0 Å². The molecular weight excluding hydrogens is 488 g/mol. The third-order valence-corrected chi connectivity index (χ3v) is 6.91. The molecule has 9 heteroatoms. The van der Waals surface area contributed by atoms with Gasteiger partial charge in [0, 0.05) is 29.2 Å². The minimum atomic E-state index is -1.73. The van der Waals surface area contributed by atoms with E-state index in [-0.39, 0.29) is 30.0 Å². The molecule has 5 rings (SSSR count). The molecule has 1 unspecified atom stereocenters. The van der Waals surface area contributed by atoms with Crippen molar-refractivity contribution in [2.45, 2.75) is 12.0 Å². The second-order valence-electron chi connectivity index (χ2n) is 8.91. The van der Waals surface area contributed by atoms with Crippen LogP contribution < -0.4 is 4.74 Å². The predicted octanol–water partition coefficient (Wildman–Crippen LogP) is 3.54. The maximum atomic E-state index is 13.7. The molecule has 9 nitrogen and oxygen atoms in total. The van der Waals surface area contributed by atoms with Gasteiger partial charge in [0.25, 0.3) is 0 Å². The summed E-state index contributed by atoms with van der Waals surface area (Å²) in [5.74, 6) is -1.46. The molecule has 0 aliphatic carbocycles. The molecule has 2 N–H and O–H groups in total. The largest absolute Gasteiger partial charge is 0.508 e.